The molecule has 1 unspecified atom stereocenters. The van der Waals surface area contributed by atoms with Crippen LogP contribution in [0.25, 0.3) is 0 Å². The van der Waals surface area contributed by atoms with Crippen molar-refractivity contribution in [2.45, 2.75) is 258 Å². The van der Waals surface area contributed by atoms with E-state index in [-0.39, 0.29) is 11.9 Å². The Morgan fingerprint density at radius 3 is 0.920 bits per heavy atom. The maximum Gasteiger partial charge on any atom is 0.321 e. The zero-order chi connectivity index (χ0) is 35.8. The summed E-state index contributed by atoms with van der Waals surface area (Å²) in [5, 5.41) is 0. The van der Waals surface area contributed by atoms with Gasteiger partial charge >= 0.3 is 5.97 Å². The van der Waals surface area contributed by atoms with Gasteiger partial charge in [0.1, 0.15) is 11.7 Å². The SMILES string of the molecule is C/C=C/CCCCCCCCCCCCCCCCCCC/C=C1/OC(=O)C1CCCCCCCCCCCCCCCCCCC/C=C/C. The summed E-state index contributed by atoms with van der Waals surface area (Å²) in [5.41, 5.74) is 0. The number of esters is 1. The number of carbonyl (C=O) groups is 1. The molecule has 0 aliphatic carbocycles. The number of allylic oxidation sites excluding steroid dienone is 5. The Hall–Kier alpha value is -1.31. The van der Waals surface area contributed by atoms with Crippen molar-refractivity contribution in [3.8, 4) is 0 Å². The molecule has 1 aliphatic rings. The molecule has 1 heterocycles. The standard InChI is InChI=1S/C48H88O2/c1-3-5-7-9-11-13-15-17-19-21-23-25-27-29-31-33-35-37-39-41-43-45-47-46(48(49)50-47)44-42-40-38-36-34-32-30-28-26-24-22-20-18-16-14-12-10-8-6-4-2/h3-6,45-46H,7-44H2,1-2H3/b5-3+,6-4+,47-45+. The number of hydrogen-bond acceptors (Lipinski definition) is 2. The molecule has 1 saturated heterocycles. The van der Waals surface area contributed by atoms with Gasteiger partial charge in [-0.05, 0) is 64.9 Å². The molecule has 50 heavy (non-hydrogen) atoms. The Bertz CT molecular complexity index is 792. The van der Waals surface area contributed by atoms with Crippen LogP contribution < -0.4 is 0 Å². The largest absolute Gasteiger partial charge is 0.430 e. The average Bonchev–Trinajstić information content (AvgIpc) is 3.12. The van der Waals surface area contributed by atoms with Gasteiger partial charge in [0.05, 0.1) is 0 Å². The molecule has 0 saturated carbocycles. The first-order chi connectivity index (χ1) is 24.8. The molecule has 0 N–H and O–H groups in total. The molecule has 0 bridgehead atoms. The van der Waals surface area contributed by atoms with E-state index in [0.717, 1.165) is 18.6 Å². The Kier molecular flexibility index (Phi) is 36.4. The first kappa shape index (κ1) is 46.7. The summed E-state index contributed by atoms with van der Waals surface area (Å²) in [6, 6.07) is 0. The molecule has 0 amide bonds. The van der Waals surface area contributed by atoms with Gasteiger partial charge in [-0.3, -0.25) is 4.79 Å². The van der Waals surface area contributed by atoms with Crippen molar-refractivity contribution < 1.29 is 9.53 Å². The minimum absolute atomic E-state index is 0.0219. The van der Waals surface area contributed by atoms with Gasteiger partial charge in [-0.15, -0.1) is 0 Å². The second-order valence-electron chi connectivity index (χ2n) is 15.9. The minimum Gasteiger partial charge on any atom is -0.430 e. The maximum absolute atomic E-state index is 12.0. The Morgan fingerprint density at radius 2 is 0.640 bits per heavy atom. The van der Waals surface area contributed by atoms with E-state index < -0.39 is 0 Å². The summed E-state index contributed by atoms with van der Waals surface area (Å²) in [6.45, 7) is 4.24. The van der Waals surface area contributed by atoms with Gasteiger partial charge in [-0.25, -0.2) is 0 Å². The molecule has 2 nitrogen and oxygen atoms in total. The van der Waals surface area contributed by atoms with Crippen LogP contribution in [0.15, 0.2) is 36.1 Å². The van der Waals surface area contributed by atoms with E-state index in [1.165, 1.54) is 231 Å². The van der Waals surface area contributed by atoms with Crippen molar-refractivity contribution >= 4 is 5.97 Å². The number of carbonyl (C=O) groups excluding carboxylic acids is 1. The molecular formula is C48H88O2. The van der Waals surface area contributed by atoms with Gasteiger partial charge in [0.15, 0.2) is 0 Å². The second kappa shape index (κ2) is 38.9. The van der Waals surface area contributed by atoms with Crippen LogP contribution in [0.5, 0.6) is 0 Å². The number of unbranched alkanes of at least 4 members (excludes halogenated alkanes) is 35. The molecular weight excluding hydrogens is 609 g/mol. The zero-order valence-electron chi connectivity index (χ0n) is 34.2. The van der Waals surface area contributed by atoms with Crippen molar-refractivity contribution in [1.82, 2.24) is 0 Å². The van der Waals surface area contributed by atoms with E-state index in [2.05, 4.69) is 44.2 Å². The smallest absolute Gasteiger partial charge is 0.321 e. The minimum atomic E-state index is 0.0219. The predicted molar refractivity (Wildman–Crippen MR) is 223 cm³/mol. The van der Waals surface area contributed by atoms with Crippen molar-refractivity contribution in [2.75, 3.05) is 0 Å². The number of ether oxygens (including phenoxy) is 1. The summed E-state index contributed by atoms with van der Waals surface area (Å²) in [6.07, 6.45) is 63.4. The van der Waals surface area contributed by atoms with Gasteiger partial charge in [-0.2, -0.15) is 0 Å². The predicted octanol–water partition coefficient (Wildman–Crippen LogP) is 17.0. The highest BCUT2D eigenvalue weighted by Gasteiger charge is 2.36. The second-order valence-corrected chi connectivity index (χ2v) is 15.9. The monoisotopic (exact) mass is 697 g/mol. The van der Waals surface area contributed by atoms with Gasteiger partial charge in [0, 0.05) is 0 Å². The first-order valence-electron chi connectivity index (χ1n) is 22.9. The van der Waals surface area contributed by atoms with E-state index in [9.17, 15) is 4.79 Å². The van der Waals surface area contributed by atoms with Crippen molar-refractivity contribution in [3.63, 3.8) is 0 Å². The molecule has 0 aromatic heterocycles. The fraction of sp³-hybridized carbons (Fsp3) is 0.854. The van der Waals surface area contributed by atoms with Crippen LogP contribution in [0.3, 0.4) is 0 Å². The Labute approximate surface area is 314 Å². The topological polar surface area (TPSA) is 26.3 Å². The van der Waals surface area contributed by atoms with Crippen LogP contribution >= 0.6 is 0 Å². The zero-order valence-corrected chi connectivity index (χ0v) is 34.2. The molecule has 0 aromatic carbocycles. The highest BCUT2D eigenvalue weighted by molar-refractivity contribution is 5.82. The fourth-order valence-corrected chi connectivity index (χ4v) is 7.66. The summed E-state index contributed by atoms with van der Waals surface area (Å²) in [4.78, 5) is 12.0. The lowest BCUT2D eigenvalue weighted by Gasteiger charge is -2.28. The normalized spacial score (nSPS) is 15.5. The van der Waals surface area contributed by atoms with E-state index in [0.29, 0.717) is 0 Å². The first-order valence-corrected chi connectivity index (χ1v) is 22.9. The Balaban J connectivity index is 1.78. The molecule has 1 atom stereocenters. The third kappa shape index (κ3) is 31.4. The van der Waals surface area contributed by atoms with Crippen molar-refractivity contribution in [1.29, 1.82) is 0 Å². The third-order valence-electron chi connectivity index (χ3n) is 11.1. The van der Waals surface area contributed by atoms with Crippen molar-refractivity contribution in [2.24, 2.45) is 5.92 Å². The summed E-state index contributed by atoms with van der Waals surface area (Å²) in [7, 11) is 0. The lowest BCUT2D eigenvalue weighted by atomic mass is 9.93. The number of rotatable bonds is 40. The maximum atomic E-state index is 12.0. The molecule has 0 aromatic rings. The lowest BCUT2D eigenvalue weighted by molar-refractivity contribution is -0.157. The quantitative estimate of drug-likeness (QED) is 0.0362. The molecule has 1 fully saturated rings. The van der Waals surface area contributed by atoms with Gasteiger partial charge in [0.25, 0.3) is 0 Å². The van der Waals surface area contributed by atoms with E-state index in [4.69, 9.17) is 4.74 Å². The fourth-order valence-electron chi connectivity index (χ4n) is 7.66. The molecule has 2 heteroatoms. The van der Waals surface area contributed by atoms with E-state index in [1.807, 2.05) is 0 Å². The van der Waals surface area contributed by atoms with Crippen LogP contribution in [-0.2, 0) is 9.53 Å². The Morgan fingerprint density at radius 1 is 0.380 bits per heavy atom. The third-order valence-corrected chi connectivity index (χ3v) is 11.1. The van der Waals surface area contributed by atoms with Crippen LogP contribution in [0.4, 0.5) is 0 Å². The van der Waals surface area contributed by atoms with E-state index >= 15 is 0 Å². The van der Waals surface area contributed by atoms with E-state index in [1.54, 1.807) is 0 Å². The lowest BCUT2D eigenvalue weighted by Crippen LogP contribution is -2.32. The number of cyclic esters (lactones) is 1. The highest BCUT2D eigenvalue weighted by Crippen LogP contribution is 2.32. The summed E-state index contributed by atoms with van der Waals surface area (Å²) in [5.74, 6) is 1.08. The van der Waals surface area contributed by atoms with Crippen LogP contribution in [-0.4, -0.2) is 5.97 Å². The summed E-state index contributed by atoms with van der Waals surface area (Å²) < 4.78 is 5.41. The van der Waals surface area contributed by atoms with Crippen LogP contribution in [0.1, 0.15) is 258 Å². The van der Waals surface area contributed by atoms with Gasteiger partial charge in [-0.1, -0.05) is 223 Å². The molecule has 292 valence electrons. The summed E-state index contributed by atoms with van der Waals surface area (Å²) >= 11 is 0. The molecule has 1 aliphatic heterocycles. The van der Waals surface area contributed by atoms with Crippen LogP contribution in [0, 0.1) is 5.92 Å². The van der Waals surface area contributed by atoms with Crippen LogP contribution in [0.2, 0.25) is 0 Å². The van der Waals surface area contributed by atoms with Gasteiger partial charge in [0.2, 0.25) is 0 Å². The number of hydrogen-bond donors (Lipinski definition) is 0. The van der Waals surface area contributed by atoms with Gasteiger partial charge < -0.3 is 4.74 Å². The highest BCUT2D eigenvalue weighted by atomic mass is 16.6. The van der Waals surface area contributed by atoms with Crippen molar-refractivity contribution in [3.05, 3.63) is 36.1 Å². The molecule has 1 rings (SSSR count). The average molecular weight is 697 g/mol. The molecule has 0 radical (unpaired) electrons. The molecule has 0 spiro atoms.